The topological polar surface area (TPSA) is 83.5 Å². The zero-order chi connectivity index (χ0) is 19.5. The van der Waals surface area contributed by atoms with E-state index in [0.717, 1.165) is 5.56 Å². The Kier molecular flexibility index (Phi) is 6.04. The standard InChI is InChI=1S/C17H16F3NO4S/c1-10-2-4-13(5-3-10)26(24,25)21-12(8-17(22)23)6-11-7-15(19)16(20)9-14(11)18/h2-5,7,9,12,21H,6,8H2,1H3,(H,22,23). The molecule has 2 aromatic rings. The fraction of sp³-hybridized carbons (Fsp3) is 0.235. The van der Waals surface area contributed by atoms with Crippen molar-refractivity contribution < 1.29 is 31.5 Å². The Morgan fingerprint density at radius 1 is 1.08 bits per heavy atom. The number of aliphatic carboxylic acids is 1. The van der Waals surface area contributed by atoms with Gasteiger partial charge in [-0.25, -0.2) is 26.3 Å². The number of halogens is 3. The lowest BCUT2D eigenvalue weighted by Gasteiger charge is -2.18. The highest BCUT2D eigenvalue weighted by molar-refractivity contribution is 7.89. The van der Waals surface area contributed by atoms with Crippen molar-refractivity contribution in [1.82, 2.24) is 4.72 Å². The van der Waals surface area contributed by atoms with Gasteiger partial charge in [0.2, 0.25) is 10.0 Å². The first-order chi connectivity index (χ1) is 12.1. The lowest BCUT2D eigenvalue weighted by atomic mass is 10.0. The minimum absolute atomic E-state index is 0.0933. The van der Waals surface area contributed by atoms with Crippen LogP contribution in [0.15, 0.2) is 41.3 Å². The number of sulfonamides is 1. The number of carbonyl (C=O) groups is 1. The normalized spacial score (nSPS) is 12.8. The third-order valence-corrected chi connectivity index (χ3v) is 5.17. The number of aryl methyl sites for hydroxylation is 1. The summed E-state index contributed by atoms with van der Waals surface area (Å²) in [5, 5.41) is 8.97. The summed E-state index contributed by atoms with van der Waals surface area (Å²) < 4.78 is 67.1. The van der Waals surface area contributed by atoms with Crippen LogP contribution in [0.5, 0.6) is 0 Å². The van der Waals surface area contributed by atoms with Crippen LogP contribution in [0, 0.1) is 24.4 Å². The molecule has 0 amide bonds. The average molecular weight is 387 g/mol. The average Bonchev–Trinajstić information content (AvgIpc) is 2.52. The van der Waals surface area contributed by atoms with E-state index in [0.29, 0.717) is 12.1 Å². The van der Waals surface area contributed by atoms with Gasteiger partial charge < -0.3 is 5.11 Å². The fourth-order valence-corrected chi connectivity index (χ4v) is 3.59. The highest BCUT2D eigenvalue weighted by Crippen LogP contribution is 2.18. The maximum atomic E-state index is 13.8. The van der Waals surface area contributed by atoms with E-state index in [1.54, 1.807) is 19.1 Å². The Morgan fingerprint density at radius 3 is 2.23 bits per heavy atom. The molecular weight excluding hydrogens is 371 g/mol. The highest BCUT2D eigenvalue weighted by Gasteiger charge is 2.24. The maximum Gasteiger partial charge on any atom is 0.304 e. The molecule has 0 bridgehead atoms. The second kappa shape index (κ2) is 7.88. The first-order valence-corrected chi connectivity index (χ1v) is 9.01. The van der Waals surface area contributed by atoms with E-state index >= 15 is 0 Å². The molecule has 9 heteroatoms. The van der Waals surface area contributed by atoms with Gasteiger partial charge in [-0.2, -0.15) is 0 Å². The molecular formula is C17H16F3NO4S. The molecule has 0 aromatic heterocycles. The summed E-state index contributed by atoms with van der Waals surface area (Å²) in [6.07, 6.45) is -1.12. The minimum atomic E-state index is -4.08. The number of rotatable bonds is 7. The van der Waals surface area contributed by atoms with Gasteiger partial charge in [0, 0.05) is 12.1 Å². The monoisotopic (exact) mass is 387 g/mol. The van der Waals surface area contributed by atoms with Gasteiger partial charge in [0.1, 0.15) is 5.82 Å². The molecule has 1 unspecified atom stereocenters. The van der Waals surface area contributed by atoms with Crippen LogP contribution in [0.3, 0.4) is 0 Å². The molecule has 26 heavy (non-hydrogen) atoms. The molecule has 0 heterocycles. The zero-order valence-electron chi connectivity index (χ0n) is 13.7. The van der Waals surface area contributed by atoms with Crippen molar-refractivity contribution in [3.05, 3.63) is 65.0 Å². The predicted molar refractivity (Wildman–Crippen MR) is 87.6 cm³/mol. The maximum absolute atomic E-state index is 13.8. The summed E-state index contributed by atoms with van der Waals surface area (Å²) in [7, 11) is -4.08. The summed E-state index contributed by atoms with van der Waals surface area (Å²) in [4.78, 5) is 10.9. The molecule has 0 aliphatic heterocycles. The second-order valence-corrected chi connectivity index (χ2v) is 7.50. The van der Waals surface area contributed by atoms with Crippen LogP contribution in [0.25, 0.3) is 0 Å². The van der Waals surface area contributed by atoms with Crippen molar-refractivity contribution in [2.75, 3.05) is 0 Å². The smallest absolute Gasteiger partial charge is 0.304 e. The third kappa shape index (κ3) is 5.06. The fourth-order valence-electron chi connectivity index (χ4n) is 2.36. The molecule has 0 fully saturated rings. The Bertz CT molecular complexity index is 914. The van der Waals surface area contributed by atoms with Gasteiger partial charge in [-0.1, -0.05) is 17.7 Å². The highest BCUT2D eigenvalue weighted by atomic mass is 32.2. The summed E-state index contributed by atoms with van der Waals surface area (Å²) in [6.45, 7) is 1.77. The largest absolute Gasteiger partial charge is 0.481 e. The lowest BCUT2D eigenvalue weighted by molar-refractivity contribution is -0.137. The van der Waals surface area contributed by atoms with Gasteiger partial charge in [-0.05, 0) is 37.1 Å². The Balaban J connectivity index is 2.29. The quantitative estimate of drug-likeness (QED) is 0.716. The number of carboxylic acids is 1. The van der Waals surface area contributed by atoms with Crippen LogP contribution < -0.4 is 4.72 Å². The van der Waals surface area contributed by atoms with Gasteiger partial charge in [0.05, 0.1) is 11.3 Å². The number of nitrogens with one attached hydrogen (secondary N) is 1. The van der Waals surface area contributed by atoms with E-state index < -0.39 is 52.3 Å². The predicted octanol–water partition coefficient (Wildman–Crippen LogP) is 2.78. The first-order valence-electron chi connectivity index (χ1n) is 7.52. The molecule has 2 aromatic carbocycles. The van der Waals surface area contributed by atoms with Crippen molar-refractivity contribution in [3.63, 3.8) is 0 Å². The van der Waals surface area contributed by atoms with E-state index in [2.05, 4.69) is 4.72 Å². The van der Waals surface area contributed by atoms with E-state index in [-0.39, 0.29) is 10.5 Å². The molecule has 5 nitrogen and oxygen atoms in total. The third-order valence-electron chi connectivity index (χ3n) is 3.63. The number of carboxylic acid groups (broad SMARTS) is 1. The van der Waals surface area contributed by atoms with Gasteiger partial charge in [0.15, 0.2) is 11.6 Å². The SMILES string of the molecule is Cc1ccc(S(=O)(=O)NC(CC(=O)O)Cc2cc(F)c(F)cc2F)cc1. The molecule has 0 aliphatic rings. The van der Waals surface area contributed by atoms with Crippen LogP contribution in [-0.4, -0.2) is 25.5 Å². The van der Waals surface area contributed by atoms with Gasteiger partial charge in [0.25, 0.3) is 0 Å². The number of hydrogen-bond acceptors (Lipinski definition) is 3. The molecule has 140 valence electrons. The second-order valence-electron chi connectivity index (χ2n) is 5.79. The molecule has 2 N–H and O–H groups in total. The number of benzene rings is 2. The summed E-state index contributed by atoms with van der Waals surface area (Å²) in [5.74, 6) is -5.11. The molecule has 0 aliphatic carbocycles. The lowest BCUT2D eigenvalue weighted by Crippen LogP contribution is -2.38. The van der Waals surface area contributed by atoms with Crippen molar-refractivity contribution in [3.8, 4) is 0 Å². The van der Waals surface area contributed by atoms with Crippen molar-refractivity contribution >= 4 is 16.0 Å². The van der Waals surface area contributed by atoms with Crippen LogP contribution >= 0.6 is 0 Å². The molecule has 0 spiro atoms. The molecule has 1 atom stereocenters. The Morgan fingerprint density at radius 2 is 1.65 bits per heavy atom. The summed E-state index contributed by atoms with van der Waals surface area (Å²) in [5.41, 5.74) is 0.497. The Labute approximate surface area is 148 Å². The van der Waals surface area contributed by atoms with Crippen molar-refractivity contribution in [1.29, 1.82) is 0 Å². The van der Waals surface area contributed by atoms with E-state index in [1.807, 2.05) is 0 Å². The Hall–Kier alpha value is -2.39. The summed E-state index contributed by atoms with van der Waals surface area (Å²) in [6, 6.07) is 5.47. The van der Waals surface area contributed by atoms with Gasteiger partial charge in [-0.3, -0.25) is 4.79 Å². The van der Waals surface area contributed by atoms with Gasteiger partial charge in [-0.15, -0.1) is 0 Å². The zero-order valence-corrected chi connectivity index (χ0v) is 14.5. The van der Waals surface area contributed by atoms with Gasteiger partial charge >= 0.3 is 5.97 Å². The van der Waals surface area contributed by atoms with E-state index in [9.17, 15) is 26.4 Å². The van der Waals surface area contributed by atoms with E-state index in [4.69, 9.17) is 5.11 Å². The molecule has 0 radical (unpaired) electrons. The number of hydrogen-bond donors (Lipinski definition) is 2. The van der Waals surface area contributed by atoms with Crippen LogP contribution in [-0.2, 0) is 21.2 Å². The van der Waals surface area contributed by atoms with Crippen molar-refractivity contribution in [2.45, 2.75) is 30.7 Å². The summed E-state index contributed by atoms with van der Waals surface area (Å²) >= 11 is 0. The minimum Gasteiger partial charge on any atom is -0.481 e. The molecule has 2 rings (SSSR count). The molecule has 0 saturated carbocycles. The van der Waals surface area contributed by atoms with E-state index in [1.165, 1.54) is 12.1 Å². The first kappa shape index (κ1) is 19.9. The van der Waals surface area contributed by atoms with Crippen molar-refractivity contribution in [2.24, 2.45) is 0 Å². The van der Waals surface area contributed by atoms with Crippen LogP contribution in [0.2, 0.25) is 0 Å². The molecule has 0 saturated heterocycles. The van der Waals surface area contributed by atoms with Crippen LogP contribution in [0.4, 0.5) is 13.2 Å². The van der Waals surface area contributed by atoms with Crippen LogP contribution in [0.1, 0.15) is 17.5 Å².